The lowest BCUT2D eigenvalue weighted by Gasteiger charge is -2.22. The van der Waals surface area contributed by atoms with Gasteiger partial charge in [-0.25, -0.2) is 9.37 Å². The van der Waals surface area contributed by atoms with Crippen LogP contribution in [0.4, 0.5) is 21.6 Å². The molecule has 1 amide bonds. The first kappa shape index (κ1) is 19.8. The van der Waals surface area contributed by atoms with Crippen LogP contribution in [-0.4, -0.2) is 33.9 Å². The van der Waals surface area contributed by atoms with Crippen LogP contribution in [0.1, 0.15) is 34.8 Å². The number of primary amides is 1. The average molecular weight is 410 g/mol. The molecule has 2 aromatic heterocycles. The molecule has 156 valence electrons. The zero-order valence-electron chi connectivity index (χ0n) is 16.3. The molecule has 4 N–H and O–H groups in total. The highest BCUT2D eigenvalue weighted by Gasteiger charge is 2.17. The highest BCUT2D eigenvalue weighted by Crippen LogP contribution is 2.24. The van der Waals surface area contributed by atoms with Crippen LogP contribution in [-0.2, 0) is 11.3 Å². The number of hydrogen-bond acceptors (Lipinski definition) is 6. The number of rotatable bonds is 7. The van der Waals surface area contributed by atoms with Crippen molar-refractivity contribution in [3.8, 4) is 0 Å². The molecule has 0 unspecified atom stereocenters. The van der Waals surface area contributed by atoms with Crippen LogP contribution < -0.4 is 16.4 Å². The molecule has 0 radical (unpaired) electrons. The van der Waals surface area contributed by atoms with Gasteiger partial charge < -0.3 is 21.1 Å². The van der Waals surface area contributed by atoms with E-state index in [9.17, 15) is 9.18 Å². The number of nitrogens with two attached hydrogens (primary N) is 1. The van der Waals surface area contributed by atoms with Crippen LogP contribution >= 0.6 is 0 Å². The largest absolute Gasteiger partial charge is 0.381 e. The lowest BCUT2D eigenvalue weighted by molar-refractivity contribution is 0.0662. The maximum absolute atomic E-state index is 14.2. The van der Waals surface area contributed by atoms with Crippen molar-refractivity contribution in [2.45, 2.75) is 25.4 Å². The molecule has 3 heterocycles. The summed E-state index contributed by atoms with van der Waals surface area (Å²) in [6, 6.07) is 8.85. The summed E-state index contributed by atoms with van der Waals surface area (Å²) < 4.78 is 21.6. The number of aromatic nitrogens is 3. The fraction of sp³-hybridized carbons (Fsp3) is 0.286. The Bertz CT molecular complexity index is 1030. The van der Waals surface area contributed by atoms with Gasteiger partial charge in [0.1, 0.15) is 5.82 Å². The highest BCUT2D eigenvalue weighted by molar-refractivity contribution is 5.94. The van der Waals surface area contributed by atoms with Crippen molar-refractivity contribution in [1.82, 2.24) is 14.8 Å². The second-order valence-corrected chi connectivity index (χ2v) is 7.10. The Morgan fingerprint density at radius 3 is 2.87 bits per heavy atom. The molecular formula is C21H23FN6O2. The lowest BCUT2D eigenvalue weighted by Crippen LogP contribution is -2.19. The highest BCUT2D eigenvalue weighted by atomic mass is 19.1. The molecule has 0 spiro atoms. The summed E-state index contributed by atoms with van der Waals surface area (Å²) in [4.78, 5) is 15.7. The van der Waals surface area contributed by atoms with Gasteiger partial charge in [0.25, 0.3) is 0 Å². The molecule has 1 aliphatic heterocycles. The molecule has 9 heteroatoms. The first-order valence-electron chi connectivity index (χ1n) is 9.76. The lowest BCUT2D eigenvalue weighted by atomic mass is 10.1. The van der Waals surface area contributed by atoms with Crippen LogP contribution in [0.2, 0.25) is 0 Å². The van der Waals surface area contributed by atoms with E-state index < -0.39 is 11.7 Å². The second kappa shape index (κ2) is 8.91. The van der Waals surface area contributed by atoms with E-state index in [0.717, 1.165) is 37.9 Å². The molecule has 1 aromatic carbocycles. The zero-order valence-corrected chi connectivity index (χ0v) is 16.3. The monoisotopic (exact) mass is 410 g/mol. The standard InChI is InChI=1S/C21H23FN6O2/c22-18-12-25-20(27-15-11-26-28(13-15)16-5-7-30-8-6-16)9-19(18)24-10-14-3-1-2-4-17(14)21(23)29/h1-4,9,11-13,16H,5-8,10H2,(H2,23,29)(H2,24,25,27). The van der Waals surface area contributed by atoms with E-state index in [4.69, 9.17) is 10.5 Å². The van der Waals surface area contributed by atoms with E-state index in [1.807, 2.05) is 10.9 Å². The Labute approximate surface area is 173 Å². The van der Waals surface area contributed by atoms with Crippen molar-refractivity contribution in [2.75, 3.05) is 23.8 Å². The number of pyridine rings is 1. The first-order chi connectivity index (χ1) is 14.6. The van der Waals surface area contributed by atoms with Gasteiger partial charge in [-0.15, -0.1) is 0 Å². The van der Waals surface area contributed by atoms with Crippen molar-refractivity contribution in [2.24, 2.45) is 5.73 Å². The number of carbonyl (C=O) groups is 1. The van der Waals surface area contributed by atoms with Crippen molar-refractivity contribution in [3.63, 3.8) is 0 Å². The van der Waals surface area contributed by atoms with E-state index in [-0.39, 0.29) is 12.2 Å². The molecular weight excluding hydrogens is 387 g/mol. The molecule has 30 heavy (non-hydrogen) atoms. The number of ether oxygens (including phenoxy) is 1. The summed E-state index contributed by atoms with van der Waals surface area (Å²) >= 11 is 0. The fourth-order valence-corrected chi connectivity index (χ4v) is 3.45. The summed E-state index contributed by atoms with van der Waals surface area (Å²) in [5, 5.41) is 10.6. The van der Waals surface area contributed by atoms with Crippen LogP contribution in [0.15, 0.2) is 48.9 Å². The van der Waals surface area contributed by atoms with Gasteiger partial charge in [0.15, 0.2) is 5.82 Å². The minimum absolute atomic E-state index is 0.251. The number of carbonyl (C=O) groups excluding carboxylic acids is 1. The summed E-state index contributed by atoms with van der Waals surface area (Å²) in [5.74, 6) is -0.532. The Morgan fingerprint density at radius 1 is 1.27 bits per heavy atom. The van der Waals surface area contributed by atoms with Gasteiger partial charge in [-0.2, -0.15) is 5.10 Å². The third-order valence-corrected chi connectivity index (χ3v) is 5.05. The van der Waals surface area contributed by atoms with Gasteiger partial charge in [0.2, 0.25) is 5.91 Å². The van der Waals surface area contributed by atoms with Crippen molar-refractivity contribution in [3.05, 3.63) is 65.9 Å². The van der Waals surface area contributed by atoms with Gasteiger partial charge >= 0.3 is 0 Å². The van der Waals surface area contributed by atoms with Crippen molar-refractivity contribution >= 4 is 23.1 Å². The van der Waals surface area contributed by atoms with Gasteiger partial charge in [0.05, 0.1) is 29.8 Å². The van der Waals surface area contributed by atoms with Crippen LogP contribution in [0.25, 0.3) is 0 Å². The minimum Gasteiger partial charge on any atom is -0.381 e. The molecule has 8 nitrogen and oxygen atoms in total. The van der Waals surface area contributed by atoms with Crippen molar-refractivity contribution in [1.29, 1.82) is 0 Å². The van der Waals surface area contributed by atoms with E-state index in [2.05, 4.69) is 20.7 Å². The number of nitrogens with one attached hydrogen (secondary N) is 2. The Balaban J connectivity index is 1.45. The van der Waals surface area contributed by atoms with E-state index in [0.29, 0.717) is 23.0 Å². The van der Waals surface area contributed by atoms with E-state index in [1.165, 1.54) is 0 Å². The Hall–Kier alpha value is -3.46. The van der Waals surface area contributed by atoms with Crippen LogP contribution in [0, 0.1) is 5.82 Å². The third-order valence-electron chi connectivity index (χ3n) is 5.05. The Morgan fingerprint density at radius 2 is 2.07 bits per heavy atom. The van der Waals surface area contributed by atoms with Gasteiger partial charge in [-0.1, -0.05) is 18.2 Å². The number of benzene rings is 1. The minimum atomic E-state index is -0.522. The summed E-state index contributed by atoms with van der Waals surface area (Å²) in [6.45, 7) is 1.72. The molecule has 0 saturated carbocycles. The quantitative estimate of drug-likeness (QED) is 0.552. The summed E-state index contributed by atoms with van der Waals surface area (Å²) in [6.07, 6.45) is 6.63. The molecule has 0 bridgehead atoms. The SMILES string of the molecule is NC(=O)c1ccccc1CNc1cc(Nc2cnn(C3CCOCC3)c2)ncc1F. The predicted octanol–water partition coefficient (Wildman–Crippen LogP) is 3.22. The molecule has 1 fully saturated rings. The number of nitrogens with zero attached hydrogens (tertiary/aromatic N) is 3. The van der Waals surface area contributed by atoms with Crippen molar-refractivity contribution < 1.29 is 13.9 Å². The Kier molecular flexibility index (Phi) is 5.89. The maximum Gasteiger partial charge on any atom is 0.249 e. The smallest absolute Gasteiger partial charge is 0.249 e. The topological polar surface area (TPSA) is 107 Å². The first-order valence-corrected chi connectivity index (χ1v) is 9.76. The van der Waals surface area contributed by atoms with Gasteiger partial charge in [-0.05, 0) is 24.5 Å². The van der Waals surface area contributed by atoms with E-state index >= 15 is 0 Å². The van der Waals surface area contributed by atoms with Gasteiger partial charge in [0, 0.05) is 37.6 Å². The maximum atomic E-state index is 14.2. The summed E-state index contributed by atoms with van der Waals surface area (Å²) in [7, 11) is 0. The number of amides is 1. The second-order valence-electron chi connectivity index (χ2n) is 7.10. The molecule has 4 rings (SSSR count). The predicted molar refractivity (Wildman–Crippen MR) is 111 cm³/mol. The summed E-state index contributed by atoms with van der Waals surface area (Å²) in [5.41, 5.74) is 7.53. The number of anilines is 3. The average Bonchev–Trinajstić information content (AvgIpc) is 3.23. The van der Waals surface area contributed by atoms with E-state index in [1.54, 1.807) is 36.5 Å². The molecule has 0 atom stereocenters. The fourth-order valence-electron chi connectivity index (χ4n) is 3.45. The van der Waals surface area contributed by atoms with Crippen LogP contribution in [0.3, 0.4) is 0 Å². The molecule has 3 aromatic rings. The van der Waals surface area contributed by atoms with Gasteiger partial charge in [-0.3, -0.25) is 9.48 Å². The number of halogens is 1. The molecule has 0 aliphatic carbocycles. The zero-order chi connectivity index (χ0) is 20.9. The van der Waals surface area contributed by atoms with Crippen LogP contribution in [0.5, 0.6) is 0 Å². The number of hydrogen-bond donors (Lipinski definition) is 3. The normalized spacial score (nSPS) is 14.4. The third kappa shape index (κ3) is 4.57. The molecule has 1 aliphatic rings. The molecule has 1 saturated heterocycles.